The van der Waals surface area contributed by atoms with Crippen LogP contribution in [-0.4, -0.2) is 28.2 Å². The van der Waals surface area contributed by atoms with E-state index in [0.29, 0.717) is 6.42 Å². The predicted octanol–water partition coefficient (Wildman–Crippen LogP) is 6.85. The zero-order valence-corrected chi connectivity index (χ0v) is 20.2. The van der Waals surface area contributed by atoms with Crippen molar-refractivity contribution < 1.29 is 14.4 Å². The molecule has 0 bridgehead atoms. The minimum absolute atomic E-state index is 0.0386. The Morgan fingerprint density at radius 2 is 1.80 bits per heavy atom. The molecule has 0 radical (unpaired) electrons. The van der Waals surface area contributed by atoms with Gasteiger partial charge in [-0.15, -0.1) is 0 Å². The van der Waals surface area contributed by atoms with Crippen LogP contribution in [0.4, 0.5) is 0 Å². The van der Waals surface area contributed by atoms with Crippen LogP contribution >= 0.6 is 0 Å². The van der Waals surface area contributed by atoms with Gasteiger partial charge in [-0.1, -0.05) is 70.9 Å². The molecule has 1 aromatic carbocycles. The van der Waals surface area contributed by atoms with E-state index < -0.39 is 0 Å². The first-order chi connectivity index (χ1) is 14.2. The molecule has 2 rings (SSSR count). The van der Waals surface area contributed by atoms with Crippen molar-refractivity contribution in [1.29, 1.82) is 0 Å². The number of hydrogen-bond acceptors (Lipinski definition) is 4. The maximum atomic E-state index is 12.5. The normalized spacial score (nSPS) is 30.8. The van der Waals surface area contributed by atoms with Crippen LogP contribution in [0.15, 0.2) is 30.3 Å². The Kier molecular flexibility index (Phi) is 8.93. The number of carbonyl (C=O) groups excluding carboxylic acids is 1. The lowest BCUT2D eigenvalue weighted by molar-refractivity contribution is -0.336. The highest BCUT2D eigenvalue weighted by Gasteiger charge is 2.55. The molecule has 1 aliphatic rings. The molecule has 0 aromatic heterocycles. The predicted molar refractivity (Wildman–Crippen MR) is 123 cm³/mol. The summed E-state index contributed by atoms with van der Waals surface area (Å²) < 4.78 is 6.06. The van der Waals surface area contributed by atoms with E-state index in [2.05, 4.69) is 77.8 Å². The molecule has 0 amide bonds. The fraction of sp³-hybridized carbons (Fsp3) is 0.731. The Morgan fingerprint density at radius 3 is 2.37 bits per heavy atom. The first-order valence-electron chi connectivity index (χ1n) is 11.9. The number of rotatable bonds is 10. The van der Waals surface area contributed by atoms with Gasteiger partial charge in [0.15, 0.2) is 0 Å². The quantitative estimate of drug-likeness (QED) is 0.308. The smallest absolute Gasteiger partial charge is 0.306 e. The van der Waals surface area contributed by atoms with Crippen molar-refractivity contribution in [3.05, 3.63) is 35.9 Å². The summed E-state index contributed by atoms with van der Waals surface area (Å²) in [6.07, 6.45) is 6.15. The minimum Gasteiger partial charge on any atom is -0.462 e. The monoisotopic (exact) mass is 417 g/mol. The second kappa shape index (κ2) is 10.8. The minimum atomic E-state index is -0.222. The standard InChI is InChI=1S/C26H43NO3/c1-8-11-13-18-24(28)29-23-19-25(6,9-2)27(26(7,10-3)20(23)4)30-21(5)22-16-14-12-15-17-22/h12,14-17,20-21,23H,8-11,13,18-19H2,1-7H3. The van der Waals surface area contributed by atoms with Gasteiger partial charge < -0.3 is 4.74 Å². The van der Waals surface area contributed by atoms with Crippen molar-refractivity contribution in [2.45, 2.75) is 117 Å². The molecule has 0 saturated carbocycles. The highest BCUT2D eigenvalue weighted by atomic mass is 16.7. The van der Waals surface area contributed by atoms with E-state index in [1.165, 1.54) is 5.56 Å². The number of benzene rings is 1. The maximum absolute atomic E-state index is 12.5. The van der Waals surface area contributed by atoms with E-state index in [1.807, 2.05) is 6.07 Å². The van der Waals surface area contributed by atoms with Crippen molar-refractivity contribution >= 4 is 5.97 Å². The molecule has 1 heterocycles. The molecule has 1 aromatic rings. The summed E-state index contributed by atoms with van der Waals surface area (Å²) in [4.78, 5) is 19.2. The van der Waals surface area contributed by atoms with Crippen molar-refractivity contribution in [3.8, 4) is 0 Å². The topological polar surface area (TPSA) is 38.8 Å². The van der Waals surface area contributed by atoms with Gasteiger partial charge in [0.1, 0.15) is 12.2 Å². The van der Waals surface area contributed by atoms with Gasteiger partial charge in [-0.3, -0.25) is 9.63 Å². The second-order valence-corrected chi connectivity index (χ2v) is 9.49. The zero-order valence-electron chi connectivity index (χ0n) is 20.2. The van der Waals surface area contributed by atoms with Crippen LogP contribution in [0.1, 0.15) is 105 Å². The van der Waals surface area contributed by atoms with Crippen LogP contribution in [0.2, 0.25) is 0 Å². The zero-order chi connectivity index (χ0) is 22.4. The lowest BCUT2D eigenvalue weighted by Crippen LogP contribution is -2.68. The maximum Gasteiger partial charge on any atom is 0.306 e. The highest BCUT2D eigenvalue weighted by Crippen LogP contribution is 2.48. The molecular formula is C26H43NO3. The molecule has 30 heavy (non-hydrogen) atoms. The number of piperidine rings is 1. The van der Waals surface area contributed by atoms with Crippen LogP contribution in [0.3, 0.4) is 0 Å². The number of esters is 1. The molecule has 1 aliphatic heterocycles. The van der Waals surface area contributed by atoms with Gasteiger partial charge in [0, 0.05) is 29.8 Å². The summed E-state index contributed by atoms with van der Waals surface area (Å²) in [5.41, 5.74) is 0.751. The van der Waals surface area contributed by atoms with E-state index in [0.717, 1.165) is 38.5 Å². The molecule has 0 spiro atoms. The Bertz CT molecular complexity index is 664. The van der Waals surface area contributed by atoms with Crippen LogP contribution < -0.4 is 0 Å². The Balaban J connectivity index is 2.23. The number of unbranched alkanes of at least 4 members (excludes halogenated alkanes) is 2. The average molecular weight is 418 g/mol. The lowest BCUT2D eigenvalue weighted by Gasteiger charge is -2.59. The third kappa shape index (κ3) is 5.45. The molecule has 4 heteroatoms. The molecule has 1 saturated heterocycles. The van der Waals surface area contributed by atoms with E-state index in [9.17, 15) is 4.79 Å². The number of hydrogen-bond donors (Lipinski definition) is 0. The SMILES string of the molecule is CCCCCC(=O)OC1CC(C)(CC)N(OC(C)c2ccccc2)C(C)(CC)C1C. The third-order valence-electron chi connectivity index (χ3n) is 7.41. The number of ether oxygens (including phenoxy) is 1. The van der Waals surface area contributed by atoms with Gasteiger partial charge in [0.2, 0.25) is 0 Å². The van der Waals surface area contributed by atoms with E-state index in [-0.39, 0.29) is 35.2 Å². The summed E-state index contributed by atoms with van der Waals surface area (Å²) in [6.45, 7) is 15.4. The highest BCUT2D eigenvalue weighted by molar-refractivity contribution is 5.69. The lowest BCUT2D eigenvalue weighted by atomic mass is 9.69. The van der Waals surface area contributed by atoms with Crippen molar-refractivity contribution in [1.82, 2.24) is 5.06 Å². The number of nitrogens with zero attached hydrogens (tertiary/aromatic N) is 1. The molecule has 170 valence electrons. The average Bonchev–Trinajstić information content (AvgIpc) is 2.75. The summed E-state index contributed by atoms with van der Waals surface area (Å²) in [5, 5.41) is 2.25. The fourth-order valence-electron chi connectivity index (χ4n) is 4.73. The first-order valence-corrected chi connectivity index (χ1v) is 11.9. The second-order valence-electron chi connectivity index (χ2n) is 9.49. The van der Waals surface area contributed by atoms with Crippen LogP contribution in [0, 0.1) is 5.92 Å². The number of carbonyl (C=O) groups is 1. The van der Waals surface area contributed by atoms with Crippen LogP contribution in [0.25, 0.3) is 0 Å². The molecule has 4 nitrogen and oxygen atoms in total. The Morgan fingerprint density at radius 1 is 1.13 bits per heavy atom. The van der Waals surface area contributed by atoms with E-state index in [1.54, 1.807) is 0 Å². The van der Waals surface area contributed by atoms with Crippen molar-refractivity contribution in [3.63, 3.8) is 0 Å². The summed E-state index contributed by atoms with van der Waals surface area (Å²) in [5.74, 6) is 0.129. The van der Waals surface area contributed by atoms with Gasteiger partial charge in [-0.25, -0.2) is 0 Å². The number of hydroxylamine groups is 2. The summed E-state index contributed by atoms with van der Waals surface area (Å²) in [6, 6.07) is 10.4. The Hall–Kier alpha value is -1.39. The van der Waals surface area contributed by atoms with Gasteiger partial charge in [0.05, 0.1) is 0 Å². The van der Waals surface area contributed by atoms with Crippen molar-refractivity contribution in [2.75, 3.05) is 0 Å². The van der Waals surface area contributed by atoms with Gasteiger partial charge in [-0.05, 0) is 45.6 Å². The molecule has 0 aliphatic carbocycles. The van der Waals surface area contributed by atoms with Gasteiger partial charge in [-0.2, -0.15) is 5.06 Å². The van der Waals surface area contributed by atoms with Gasteiger partial charge in [0.25, 0.3) is 0 Å². The first kappa shape index (κ1) is 24.9. The van der Waals surface area contributed by atoms with E-state index in [4.69, 9.17) is 9.57 Å². The van der Waals surface area contributed by atoms with E-state index >= 15 is 0 Å². The fourth-order valence-corrected chi connectivity index (χ4v) is 4.73. The summed E-state index contributed by atoms with van der Waals surface area (Å²) in [7, 11) is 0. The molecule has 5 atom stereocenters. The van der Waals surface area contributed by atoms with Crippen LogP contribution in [0.5, 0.6) is 0 Å². The molecule has 0 N–H and O–H groups in total. The van der Waals surface area contributed by atoms with Crippen LogP contribution in [-0.2, 0) is 14.4 Å². The Labute approximate surface area is 184 Å². The van der Waals surface area contributed by atoms with Gasteiger partial charge >= 0.3 is 5.97 Å². The van der Waals surface area contributed by atoms with Crippen molar-refractivity contribution in [2.24, 2.45) is 5.92 Å². The molecule has 5 unspecified atom stereocenters. The summed E-state index contributed by atoms with van der Waals surface area (Å²) >= 11 is 0. The third-order valence-corrected chi connectivity index (χ3v) is 7.41. The molecule has 1 fully saturated rings. The largest absolute Gasteiger partial charge is 0.462 e. The molecular weight excluding hydrogens is 374 g/mol.